The molecule has 1 rings (SSSR count). The molecule has 3 unspecified atom stereocenters. The standard InChI is InChI=1S/C13H27NO2S/c1-4-11(2)10-17(15,16)13-9-7-5-6-8-12(13)14-3/h11-14H,4-10H2,1-3H3. The van der Waals surface area contributed by atoms with Gasteiger partial charge in [0.25, 0.3) is 0 Å². The first-order chi connectivity index (χ1) is 8.01. The molecule has 1 fully saturated rings. The van der Waals surface area contributed by atoms with E-state index in [0.29, 0.717) is 5.75 Å². The molecule has 1 aliphatic rings. The van der Waals surface area contributed by atoms with Gasteiger partial charge in [-0.1, -0.05) is 39.5 Å². The zero-order valence-electron chi connectivity index (χ0n) is 11.4. The molecular formula is C13H27NO2S. The van der Waals surface area contributed by atoms with E-state index in [2.05, 4.69) is 12.2 Å². The van der Waals surface area contributed by atoms with Gasteiger partial charge in [-0.2, -0.15) is 0 Å². The second-order valence-corrected chi connectivity index (χ2v) is 7.68. The van der Waals surface area contributed by atoms with E-state index in [0.717, 1.165) is 32.1 Å². The average Bonchev–Trinajstić information content (AvgIpc) is 2.53. The molecule has 1 N–H and O–H groups in total. The highest BCUT2D eigenvalue weighted by Crippen LogP contribution is 2.25. The van der Waals surface area contributed by atoms with E-state index >= 15 is 0 Å². The summed E-state index contributed by atoms with van der Waals surface area (Å²) in [6.45, 7) is 4.09. The molecule has 0 heterocycles. The van der Waals surface area contributed by atoms with Crippen LogP contribution in [-0.4, -0.2) is 32.5 Å². The molecule has 0 radical (unpaired) electrons. The van der Waals surface area contributed by atoms with Gasteiger partial charge in [0.1, 0.15) is 0 Å². The van der Waals surface area contributed by atoms with Crippen molar-refractivity contribution in [3.05, 3.63) is 0 Å². The smallest absolute Gasteiger partial charge is 0.154 e. The van der Waals surface area contributed by atoms with Crippen molar-refractivity contribution in [3.63, 3.8) is 0 Å². The zero-order chi connectivity index (χ0) is 12.9. The number of hydrogen-bond acceptors (Lipinski definition) is 3. The van der Waals surface area contributed by atoms with Crippen molar-refractivity contribution in [2.75, 3.05) is 12.8 Å². The fourth-order valence-electron chi connectivity index (χ4n) is 2.67. The van der Waals surface area contributed by atoms with Crippen molar-refractivity contribution >= 4 is 9.84 Å². The van der Waals surface area contributed by atoms with Crippen molar-refractivity contribution in [2.24, 2.45) is 5.92 Å². The minimum atomic E-state index is -2.94. The van der Waals surface area contributed by atoms with Crippen LogP contribution >= 0.6 is 0 Å². The average molecular weight is 261 g/mol. The Morgan fingerprint density at radius 2 is 1.88 bits per heavy atom. The fourth-order valence-corrected chi connectivity index (χ4v) is 5.25. The van der Waals surface area contributed by atoms with E-state index in [1.165, 1.54) is 6.42 Å². The van der Waals surface area contributed by atoms with Crippen molar-refractivity contribution in [1.82, 2.24) is 5.32 Å². The Hall–Kier alpha value is -0.0900. The van der Waals surface area contributed by atoms with Gasteiger partial charge in [-0.15, -0.1) is 0 Å². The lowest BCUT2D eigenvalue weighted by Gasteiger charge is -2.25. The molecule has 3 nitrogen and oxygen atoms in total. The van der Waals surface area contributed by atoms with E-state index < -0.39 is 9.84 Å². The molecule has 0 aromatic carbocycles. The second-order valence-electron chi connectivity index (χ2n) is 5.41. The van der Waals surface area contributed by atoms with Gasteiger partial charge in [0.15, 0.2) is 9.84 Å². The molecule has 1 saturated carbocycles. The minimum Gasteiger partial charge on any atom is -0.316 e. The maximum atomic E-state index is 12.4. The highest BCUT2D eigenvalue weighted by Gasteiger charge is 2.33. The Labute approximate surface area is 106 Å². The van der Waals surface area contributed by atoms with Crippen molar-refractivity contribution in [1.29, 1.82) is 0 Å². The van der Waals surface area contributed by atoms with Crippen molar-refractivity contribution in [3.8, 4) is 0 Å². The van der Waals surface area contributed by atoms with Gasteiger partial charge >= 0.3 is 0 Å². The molecule has 0 amide bonds. The van der Waals surface area contributed by atoms with E-state index in [4.69, 9.17) is 0 Å². The summed E-state index contributed by atoms with van der Waals surface area (Å²) in [6.07, 6.45) is 6.16. The lowest BCUT2D eigenvalue weighted by molar-refractivity contribution is 0.474. The molecule has 0 bridgehead atoms. The maximum Gasteiger partial charge on any atom is 0.154 e. The van der Waals surface area contributed by atoms with Crippen LogP contribution in [0.2, 0.25) is 0 Å². The predicted octanol–water partition coefficient (Wildman–Crippen LogP) is 2.37. The van der Waals surface area contributed by atoms with Crippen molar-refractivity contribution in [2.45, 2.75) is 63.7 Å². The lowest BCUT2D eigenvalue weighted by Crippen LogP contribution is -2.43. The maximum absolute atomic E-state index is 12.4. The summed E-state index contributed by atoms with van der Waals surface area (Å²) in [7, 11) is -1.05. The van der Waals surface area contributed by atoms with Crippen LogP contribution in [-0.2, 0) is 9.84 Å². The third-order valence-electron chi connectivity index (χ3n) is 4.00. The molecule has 3 atom stereocenters. The van der Waals surface area contributed by atoms with E-state index in [1.807, 2.05) is 14.0 Å². The largest absolute Gasteiger partial charge is 0.316 e. The van der Waals surface area contributed by atoms with E-state index in [9.17, 15) is 8.42 Å². The molecule has 102 valence electrons. The molecular weight excluding hydrogens is 234 g/mol. The van der Waals surface area contributed by atoms with Crippen LogP contribution in [0.5, 0.6) is 0 Å². The highest BCUT2D eigenvalue weighted by molar-refractivity contribution is 7.92. The zero-order valence-corrected chi connectivity index (χ0v) is 12.2. The summed E-state index contributed by atoms with van der Waals surface area (Å²) in [5.74, 6) is 0.632. The van der Waals surface area contributed by atoms with Crippen LogP contribution in [0.15, 0.2) is 0 Å². The second kappa shape index (κ2) is 6.74. The van der Waals surface area contributed by atoms with Gasteiger partial charge in [-0.05, 0) is 25.8 Å². The summed E-state index contributed by atoms with van der Waals surface area (Å²) in [5, 5.41) is 3.05. The Balaban J connectivity index is 2.78. The normalized spacial score (nSPS) is 28.6. The van der Waals surface area contributed by atoms with Gasteiger partial charge in [-0.25, -0.2) is 8.42 Å². The summed E-state index contributed by atoms with van der Waals surface area (Å²) in [6, 6.07) is 0.159. The topological polar surface area (TPSA) is 46.2 Å². The Morgan fingerprint density at radius 1 is 1.24 bits per heavy atom. The third kappa shape index (κ3) is 4.25. The number of sulfone groups is 1. The fraction of sp³-hybridized carbons (Fsp3) is 1.00. The first-order valence-electron chi connectivity index (χ1n) is 6.90. The summed E-state index contributed by atoms with van der Waals surface area (Å²) in [5.41, 5.74) is 0. The lowest BCUT2D eigenvalue weighted by atomic mass is 10.1. The highest BCUT2D eigenvalue weighted by atomic mass is 32.2. The number of nitrogens with one attached hydrogen (secondary N) is 1. The Bertz CT molecular complexity index is 313. The third-order valence-corrected chi connectivity index (χ3v) is 6.52. The molecule has 0 aromatic rings. The van der Waals surface area contributed by atoms with E-state index in [1.54, 1.807) is 0 Å². The van der Waals surface area contributed by atoms with Gasteiger partial charge in [0.05, 0.1) is 11.0 Å². The van der Waals surface area contributed by atoms with Gasteiger partial charge in [-0.3, -0.25) is 0 Å². The van der Waals surface area contributed by atoms with Crippen LogP contribution in [0.4, 0.5) is 0 Å². The van der Waals surface area contributed by atoms with Crippen LogP contribution in [0.25, 0.3) is 0 Å². The Morgan fingerprint density at radius 3 is 2.47 bits per heavy atom. The first kappa shape index (κ1) is 15.0. The first-order valence-corrected chi connectivity index (χ1v) is 8.61. The quantitative estimate of drug-likeness (QED) is 0.773. The van der Waals surface area contributed by atoms with Crippen LogP contribution in [0.3, 0.4) is 0 Å². The summed E-state index contributed by atoms with van der Waals surface area (Å²) in [4.78, 5) is 0. The summed E-state index contributed by atoms with van der Waals surface area (Å²) < 4.78 is 24.9. The van der Waals surface area contributed by atoms with Crippen LogP contribution in [0.1, 0.15) is 52.4 Å². The molecule has 0 aromatic heterocycles. The molecule has 0 aliphatic heterocycles. The van der Waals surface area contributed by atoms with Gasteiger partial charge in [0.2, 0.25) is 0 Å². The number of hydrogen-bond donors (Lipinski definition) is 1. The number of rotatable bonds is 5. The monoisotopic (exact) mass is 261 g/mol. The summed E-state index contributed by atoms with van der Waals surface area (Å²) >= 11 is 0. The molecule has 1 aliphatic carbocycles. The minimum absolute atomic E-state index is 0.159. The molecule has 0 saturated heterocycles. The van der Waals surface area contributed by atoms with E-state index in [-0.39, 0.29) is 17.2 Å². The molecule has 0 spiro atoms. The van der Waals surface area contributed by atoms with Crippen LogP contribution in [0, 0.1) is 5.92 Å². The van der Waals surface area contributed by atoms with Crippen LogP contribution < -0.4 is 5.32 Å². The van der Waals surface area contributed by atoms with Gasteiger partial charge in [0, 0.05) is 6.04 Å². The van der Waals surface area contributed by atoms with Gasteiger partial charge < -0.3 is 5.32 Å². The molecule has 17 heavy (non-hydrogen) atoms. The SMILES string of the molecule is CCC(C)CS(=O)(=O)C1CCCCCC1NC. The predicted molar refractivity (Wildman–Crippen MR) is 73.0 cm³/mol. The molecule has 4 heteroatoms. The Kier molecular flexibility index (Phi) is 5.93. The van der Waals surface area contributed by atoms with Crippen molar-refractivity contribution < 1.29 is 8.42 Å².